The van der Waals surface area contributed by atoms with Gasteiger partial charge in [0, 0.05) is 12.1 Å². The molecule has 0 spiro atoms. The summed E-state index contributed by atoms with van der Waals surface area (Å²) in [6.45, 7) is 7.16. The summed E-state index contributed by atoms with van der Waals surface area (Å²) in [5.41, 5.74) is 6.78. The van der Waals surface area contributed by atoms with Crippen molar-refractivity contribution in [2.75, 3.05) is 13.1 Å². The molecule has 1 fully saturated rings. The number of rotatable bonds is 9. The van der Waals surface area contributed by atoms with Crippen LogP contribution in [-0.2, 0) is 13.0 Å². The summed E-state index contributed by atoms with van der Waals surface area (Å²) < 4.78 is 5.64. The quantitative estimate of drug-likeness (QED) is 0.323. The average molecular weight is 470 g/mol. The molecule has 1 aliphatic heterocycles. The highest BCUT2D eigenvalue weighted by molar-refractivity contribution is 5.94. The van der Waals surface area contributed by atoms with Gasteiger partial charge in [-0.25, -0.2) is 5.43 Å². The Morgan fingerprint density at radius 3 is 2.31 bits per heavy atom. The third-order valence-corrected chi connectivity index (χ3v) is 6.33. The molecule has 1 amide bonds. The van der Waals surface area contributed by atoms with E-state index in [1.165, 1.54) is 30.4 Å². The number of ether oxygens (including phenoxy) is 1. The van der Waals surface area contributed by atoms with Gasteiger partial charge in [0.25, 0.3) is 5.91 Å². The standard InChI is InChI=1S/C30H35N3O2/c1-23(2)35-29-14-10-26(11-15-29)21-31-32-30(34)28-12-8-27(9-13-28)22-33-18-16-25(17-19-33)20-24-6-4-3-5-7-24/h3-15,21,23,25H,16-20,22H2,1-2H3,(H,32,34)/b31-21-. The SMILES string of the molecule is CC(C)Oc1ccc(/C=N\NC(=O)c2ccc(CN3CCC(Cc4ccccc4)CC3)cc2)cc1. The van der Waals surface area contributed by atoms with E-state index in [2.05, 4.69) is 45.8 Å². The van der Waals surface area contributed by atoms with Gasteiger partial charge < -0.3 is 4.74 Å². The van der Waals surface area contributed by atoms with Gasteiger partial charge in [-0.3, -0.25) is 9.69 Å². The van der Waals surface area contributed by atoms with Crippen molar-refractivity contribution in [3.8, 4) is 5.75 Å². The van der Waals surface area contributed by atoms with Gasteiger partial charge in [-0.15, -0.1) is 0 Å². The first kappa shape index (κ1) is 24.7. The summed E-state index contributed by atoms with van der Waals surface area (Å²) in [6, 6.07) is 26.3. The van der Waals surface area contributed by atoms with Crippen molar-refractivity contribution in [3.05, 3.63) is 101 Å². The Bertz CT molecular complexity index is 1080. The number of hydrogen-bond acceptors (Lipinski definition) is 4. The van der Waals surface area contributed by atoms with Crippen LogP contribution in [-0.4, -0.2) is 36.2 Å². The maximum Gasteiger partial charge on any atom is 0.271 e. The van der Waals surface area contributed by atoms with Crippen LogP contribution in [0.4, 0.5) is 0 Å². The number of amides is 1. The fourth-order valence-electron chi connectivity index (χ4n) is 4.45. The van der Waals surface area contributed by atoms with Crippen molar-refractivity contribution >= 4 is 12.1 Å². The Kier molecular flexibility index (Phi) is 8.68. The Morgan fingerprint density at radius 2 is 1.66 bits per heavy atom. The van der Waals surface area contributed by atoms with Gasteiger partial charge in [0.2, 0.25) is 0 Å². The molecule has 3 aromatic rings. The predicted octanol–water partition coefficient (Wildman–Crippen LogP) is 5.69. The zero-order valence-corrected chi connectivity index (χ0v) is 20.7. The van der Waals surface area contributed by atoms with Gasteiger partial charge in [0.1, 0.15) is 5.75 Å². The smallest absolute Gasteiger partial charge is 0.271 e. The molecule has 0 atom stereocenters. The number of carbonyl (C=O) groups is 1. The molecule has 0 aromatic heterocycles. The van der Waals surface area contributed by atoms with Crippen LogP contribution in [0.3, 0.4) is 0 Å². The van der Waals surface area contributed by atoms with Crippen LogP contribution >= 0.6 is 0 Å². The largest absolute Gasteiger partial charge is 0.491 e. The molecule has 1 N–H and O–H groups in total. The Labute approximate surface area is 208 Å². The molecule has 4 rings (SSSR count). The maximum atomic E-state index is 12.4. The average Bonchev–Trinajstić information content (AvgIpc) is 2.87. The van der Waals surface area contributed by atoms with Crippen LogP contribution in [0.1, 0.15) is 53.7 Å². The molecular weight excluding hydrogens is 434 g/mol. The first-order valence-electron chi connectivity index (χ1n) is 12.5. The van der Waals surface area contributed by atoms with Crippen molar-refractivity contribution in [1.29, 1.82) is 0 Å². The molecule has 5 heteroatoms. The molecular formula is C30H35N3O2. The summed E-state index contributed by atoms with van der Waals surface area (Å²) in [5, 5.41) is 4.09. The highest BCUT2D eigenvalue weighted by atomic mass is 16.5. The zero-order valence-electron chi connectivity index (χ0n) is 20.7. The second-order valence-electron chi connectivity index (χ2n) is 9.54. The van der Waals surface area contributed by atoms with E-state index in [0.29, 0.717) is 5.56 Å². The first-order valence-corrected chi connectivity index (χ1v) is 12.5. The highest BCUT2D eigenvalue weighted by Crippen LogP contribution is 2.23. The third kappa shape index (κ3) is 7.79. The summed E-state index contributed by atoms with van der Waals surface area (Å²) in [7, 11) is 0. The minimum atomic E-state index is -0.214. The predicted molar refractivity (Wildman–Crippen MR) is 142 cm³/mol. The van der Waals surface area contributed by atoms with Crippen LogP contribution in [0.2, 0.25) is 0 Å². The lowest BCUT2D eigenvalue weighted by Crippen LogP contribution is -2.33. The second kappa shape index (κ2) is 12.3. The first-order chi connectivity index (χ1) is 17.0. The fourth-order valence-corrected chi connectivity index (χ4v) is 4.45. The molecule has 0 saturated carbocycles. The highest BCUT2D eigenvalue weighted by Gasteiger charge is 2.19. The number of nitrogens with one attached hydrogen (secondary N) is 1. The van der Waals surface area contributed by atoms with Gasteiger partial charge in [0.15, 0.2) is 0 Å². The summed E-state index contributed by atoms with van der Waals surface area (Å²) in [6.07, 6.45) is 5.42. The molecule has 0 radical (unpaired) electrons. The lowest BCUT2D eigenvalue weighted by Gasteiger charge is -2.32. The van der Waals surface area contributed by atoms with Crippen LogP contribution in [0.25, 0.3) is 0 Å². The Morgan fingerprint density at radius 1 is 0.971 bits per heavy atom. The zero-order chi connectivity index (χ0) is 24.5. The van der Waals surface area contributed by atoms with Gasteiger partial charge in [-0.2, -0.15) is 5.10 Å². The van der Waals surface area contributed by atoms with Crippen LogP contribution in [0, 0.1) is 5.92 Å². The van der Waals surface area contributed by atoms with Gasteiger partial charge >= 0.3 is 0 Å². The van der Waals surface area contributed by atoms with Crippen LogP contribution < -0.4 is 10.2 Å². The minimum Gasteiger partial charge on any atom is -0.491 e. The number of hydrazone groups is 1. The Balaban J connectivity index is 1.20. The van der Waals surface area contributed by atoms with Crippen molar-refractivity contribution in [2.45, 2.75) is 45.8 Å². The van der Waals surface area contributed by atoms with Gasteiger partial charge in [0.05, 0.1) is 12.3 Å². The van der Waals surface area contributed by atoms with E-state index in [-0.39, 0.29) is 12.0 Å². The van der Waals surface area contributed by atoms with Gasteiger partial charge in [-0.05, 0) is 105 Å². The van der Waals surface area contributed by atoms with Crippen molar-refractivity contribution < 1.29 is 9.53 Å². The lowest BCUT2D eigenvalue weighted by molar-refractivity contribution is 0.0955. The van der Waals surface area contributed by atoms with E-state index in [0.717, 1.165) is 36.9 Å². The summed E-state index contributed by atoms with van der Waals surface area (Å²) in [5.74, 6) is 1.37. The number of carbonyl (C=O) groups excluding carboxylic acids is 1. The van der Waals surface area contributed by atoms with E-state index >= 15 is 0 Å². The summed E-state index contributed by atoms with van der Waals surface area (Å²) in [4.78, 5) is 15.0. The van der Waals surface area contributed by atoms with Gasteiger partial charge in [-0.1, -0.05) is 42.5 Å². The molecule has 1 aliphatic rings. The number of likely N-dealkylation sites (tertiary alicyclic amines) is 1. The van der Waals surface area contributed by atoms with Crippen LogP contribution in [0.15, 0.2) is 84.0 Å². The number of hydrogen-bond donors (Lipinski definition) is 1. The van der Waals surface area contributed by atoms with Crippen LogP contribution in [0.5, 0.6) is 5.75 Å². The molecule has 0 unspecified atom stereocenters. The van der Waals surface area contributed by atoms with Crippen molar-refractivity contribution in [1.82, 2.24) is 10.3 Å². The molecule has 35 heavy (non-hydrogen) atoms. The number of nitrogens with zero attached hydrogens (tertiary/aromatic N) is 2. The van der Waals surface area contributed by atoms with E-state index < -0.39 is 0 Å². The van der Waals surface area contributed by atoms with E-state index in [1.54, 1.807) is 6.21 Å². The molecule has 0 aliphatic carbocycles. The van der Waals surface area contributed by atoms with E-state index in [4.69, 9.17) is 4.74 Å². The molecule has 1 heterocycles. The monoisotopic (exact) mass is 469 g/mol. The fraction of sp³-hybridized carbons (Fsp3) is 0.333. The topological polar surface area (TPSA) is 53.9 Å². The molecule has 5 nitrogen and oxygen atoms in total. The third-order valence-electron chi connectivity index (χ3n) is 6.33. The number of benzene rings is 3. The summed E-state index contributed by atoms with van der Waals surface area (Å²) >= 11 is 0. The number of piperidine rings is 1. The minimum absolute atomic E-state index is 0.136. The van der Waals surface area contributed by atoms with E-state index in [9.17, 15) is 4.79 Å². The lowest BCUT2D eigenvalue weighted by atomic mass is 9.90. The molecule has 3 aromatic carbocycles. The Hall–Kier alpha value is -3.44. The molecule has 1 saturated heterocycles. The normalized spacial score (nSPS) is 14.9. The molecule has 182 valence electrons. The molecule has 0 bridgehead atoms. The van der Waals surface area contributed by atoms with Crippen molar-refractivity contribution in [2.24, 2.45) is 11.0 Å². The second-order valence-corrected chi connectivity index (χ2v) is 9.54. The van der Waals surface area contributed by atoms with E-state index in [1.807, 2.05) is 62.4 Å². The van der Waals surface area contributed by atoms with Crippen molar-refractivity contribution in [3.63, 3.8) is 0 Å². The maximum absolute atomic E-state index is 12.4.